The monoisotopic (exact) mass is 284 g/mol. The van der Waals surface area contributed by atoms with Crippen LogP contribution in [0.2, 0.25) is 0 Å². The number of quaternary nitrogens is 1. The van der Waals surface area contributed by atoms with Crippen molar-refractivity contribution >= 4 is 11.9 Å². The second-order valence-electron chi connectivity index (χ2n) is 6.20. The number of hydrogen-bond donors (Lipinski definition) is 3. The third kappa shape index (κ3) is 8.15. The number of amides is 3. The summed E-state index contributed by atoms with van der Waals surface area (Å²) in [6.45, 7) is 4.97. The van der Waals surface area contributed by atoms with Gasteiger partial charge in [0.1, 0.15) is 0 Å². The predicted molar refractivity (Wildman–Crippen MR) is 79.3 cm³/mol. The van der Waals surface area contributed by atoms with Crippen LogP contribution in [0.1, 0.15) is 58.8 Å². The Morgan fingerprint density at radius 1 is 1.10 bits per heavy atom. The van der Waals surface area contributed by atoms with Gasteiger partial charge >= 0.3 is 6.03 Å². The molecule has 0 unspecified atom stereocenters. The fourth-order valence-corrected chi connectivity index (χ4v) is 2.52. The van der Waals surface area contributed by atoms with Crippen molar-refractivity contribution in [2.24, 2.45) is 5.92 Å². The average Bonchev–Trinajstić information content (AvgIpc) is 2.35. The third-order valence-corrected chi connectivity index (χ3v) is 3.71. The maximum absolute atomic E-state index is 11.7. The summed E-state index contributed by atoms with van der Waals surface area (Å²) in [7, 11) is 0. The number of rotatable bonds is 5. The van der Waals surface area contributed by atoms with Gasteiger partial charge in [-0.05, 0) is 31.6 Å². The second-order valence-corrected chi connectivity index (χ2v) is 6.20. The molecule has 0 aromatic rings. The first kappa shape index (κ1) is 17.0. The van der Waals surface area contributed by atoms with Crippen LogP contribution >= 0.6 is 0 Å². The molecule has 4 N–H and O–H groups in total. The van der Waals surface area contributed by atoms with Gasteiger partial charge in [0.15, 0.2) is 6.54 Å². The molecular weight excluding hydrogens is 254 g/mol. The first-order valence-electron chi connectivity index (χ1n) is 7.99. The quantitative estimate of drug-likeness (QED) is 0.708. The molecule has 1 saturated carbocycles. The Kier molecular flexibility index (Phi) is 8.26. The fourth-order valence-electron chi connectivity index (χ4n) is 2.52. The van der Waals surface area contributed by atoms with Crippen molar-refractivity contribution in [3.8, 4) is 0 Å². The molecule has 116 valence electrons. The lowest BCUT2D eigenvalue weighted by Gasteiger charge is -2.17. The van der Waals surface area contributed by atoms with Crippen LogP contribution in [0.4, 0.5) is 4.79 Å². The van der Waals surface area contributed by atoms with E-state index in [0.717, 1.165) is 0 Å². The maximum Gasteiger partial charge on any atom is 0.321 e. The smallest absolute Gasteiger partial charge is 0.321 e. The molecule has 5 nitrogen and oxygen atoms in total. The Morgan fingerprint density at radius 3 is 2.30 bits per heavy atom. The van der Waals surface area contributed by atoms with Crippen LogP contribution in [0.5, 0.6) is 0 Å². The van der Waals surface area contributed by atoms with Gasteiger partial charge in [0.05, 0.1) is 6.04 Å². The number of hydrogen-bond acceptors (Lipinski definition) is 2. The normalized spacial score (nSPS) is 17.4. The minimum absolute atomic E-state index is 0.201. The number of carbonyl (C=O) groups is 2. The molecule has 0 saturated heterocycles. The molecule has 0 aromatic carbocycles. The lowest BCUT2D eigenvalue weighted by molar-refractivity contribution is -0.680. The van der Waals surface area contributed by atoms with E-state index in [2.05, 4.69) is 16.0 Å². The zero-order valence-corrected chi connectivity index (χ0v) is 12.9. The summed E-state index contributed by atoms with van der Waals surface area (Å²) in [5.74, 6) is 0.186. The van der Waals surface area contributed by atoms with Gasteiger partial charge in [-0.3, -0.25) is 10.1 Å². The number of nitrogens with one attached hydrogen (secondary N) is 2. The van der Waals surface area contributed by atoms with Gasteiger partial charge in [-0.2, -0.15) is 0 Å². The summed E-state index contributed by atoms with van der Waals surface area (Å²) < 4.78 is 0. The summed E-state index contributed by atoms with van der Waals surface area (Å²) in [6.07, 6.45) is 8.88. The van der Waals surface area contributed by atoms with E-state index in [-0.39, 0.29) is 11.9 Å². The van der Waals surface area contributed by atoms with Crippen LogP contribution < -0.4 is 16.0 Å². The Bertz CT molecular complexity index is 297. The van der Waals surface area contributed by atoms with Crippen LogP contribution in [0, 0.1) is 5.92 Å². The van der Waals surface area contributed by atoms with Gasteiger partial charge in [0.25, 0.3) is 5.91 Å². The van der Waals surface area contributed by atoms with E-state index in [4.69, 9.17) is 0 Å². The largest absolute Gasteiger partial charge is 0.338 e. The van der Waals surface area contributed by atoms with Crippen molar-refractivity contribution in [3.05, 3.63) is 0 Å². The first-order chi connectivity index (χ1) is 9.58. The zero-order valence-electron chi connectivity index (χ0n) is 12.9. The molecule has 1 aliphatic rings. The molecule has 3 amide bonds. The molecule has 0 aromatic heterocycles. The van der Waals surface area contributed by atoms with Crippen molar-refractivity contribution in [3.63, 3.8) is 0 Å². The summed E-state index contributed by atoms with van der Waals surface area (Å²) in [5.41, 5.74) is 0. The molecule has 0 heterocycles. The van der Waals surface area contributed by atoms with Crippen LogP contribution in [0.25, 0.3) is 0 Å². The Labute approximate surface area is 122 Å². The zero-order chi connectivity index (χ0) is 14.8. The molecule has 20 heavy (non-hydrogen) atoms. The maximum atomic E-state index is 11.7. The molecule has 5 heteroatoms. The fraction of sp³-hybridized carbons (Fsp3) is 0.867. The number of nitrogens with two attached hydrogens (primary N) is 1. The molecule has 1 fully saturated rings. The van der Waals surface area contributed by atoms with Crippen LogP contribution in [0.3, 0.4) is 0 Å². The lowest BCUT2D eigenvalue weighted by Crippen LogP contribution is -2.92. The van der Waals surface area contributed by atoms with E-state index < -0.39 is 0 Å². The summed E-state index contributed by atoms with van der Waals surface area (Å²) >= 11 is 0. The molecule has 0 bridgehead atoms. The van der Waals surface area contributed by atoms with Crippen molar-refractivity contribution in [2.45, 2.75) is 64.8 Å². The van der Waals surface area contributed by atoms with Gasteiger partial charge in [-0.15, -0.1) is 0 Å². The van der Waals surface area contributed by atoms with E-state index in [0.29, 0.717) is 25.0 Å². The molecule has 0 aliphatic heterocycles. The Morgan fingerprint density at radius 2 is 1.70 bits per heavy atom. The molecule has 1 aliphatic carbocycles. The minimum Gasteiger partial charge on any atom is -0.338 e. The van der Waals surface area contributed by atoms with E-state index in [9.17, 15) is 9.59 Å². The molecule has 0 spiro atoms. The van der Waals surface area contributed by atoms with Gasteiger partial charge < -0.3 is 10.6 Å². The summed E-state index contributed by atoms with van der Waals surface area (Å²) in [6, 6.07) is 0.162. The molecule has 0 atom stereocenters. The van der Waals surface area contributed by atoms with Crippen molar-refractivity contribution < 1.29 is 14.9 Å². The molecule has 1 rings (SSSR count). The van der Waals surface area contributed by atoms with Gasteiger partial charge in [0.2, 0.25) is 0 Å². The standard InChI is InChI=1S/C15H29N3O2/c1-12(2)10-17-15(20)18-14(19)11-16-13-8-6-4-3-5-7-9-13/h12-13,16H,3-11H2,1-2H3,(H2,17,18,19,20)/p+1. The number of carbonyl (C=O) groups excluding carboxylic acids is 2. The van der Waals surface area contributed by atoms with E-state index in [1.54, 1.807) is 0 Å². The average molecular weight is 284 g/mol. The van der Waals surface area contributed by atoms with Gasteiger partial charge in [0, 0.05) is 6.54 Å². The number of urea groups is 1. The first-order valence-corrected chi connectivity index (χ1v) is 7.99. The highest BCUT2D eigenvalue weighted by molar-refractivity contribution is 5.94. The molecule has 0 radical (unpaired) electrons. The highest BCUT2D eigenvalue weighted by Crippen LogP contribution is 2.14. The minimum atomic E-state index is -0.380. The van der Waals surface area contributed by atoms with Crippen LogP contribution in [-0.2, 0) is 4.79 Å². The highest BCUT2D eigenvalue weighted by Gasteiger charge is 2.16. The third-order valence-electron chi connectivity index (χ3n) is 3.71. The second kappa shape index (κ2) is 9.75. The number of imide groups is 1. The summed E-state index contributed by atoms with van der Waals surface area (Å²) in [5, 5.41) is 7.16. The van der Waals surface area contributed by atoms with E-state index in [1.165, 1.54) is 44.9 Å². The van der Waals surface area contributed by atoms with Crippen LogP contribution in [0.15, 0.2) is 0 Å². The van der Waals surface area contributed by atoms with Gasteiger partial charge in [-0.25, -0.2) is 4.79 Å². The van der Waals surface area contributed by atoms with E-state index in [1.807, 2.05) is 13.8 Å². The summed E-state index contributed by atoms with van der Waals surface area (Å²) in [4.78, 5) is 23.1. The van der Waals surface area contributed by atoms with Gasteiger partial charge in [-0.1, -0.05) is 33.1 Å². The highest BCUT2D eigenvalue weighted by atomic mass is 16.2. The predicted octanol–water partition coefficient (Wildman–Crippen LogP) is 1.14. The Hall–Kier alpha value is -1.10. The lowest BCUT2D eigenvalue weighted by atomic mass is 9.97. The Balaban J connectivity index is 2.16. The van der Waals surface area contributed by atoms with Crippen LogP contribution in [-0.4, -0.2) is 31.1 Å². The van der Waals surface area contributed by atoms with Crippen molar-refractivity contribution in [1.82, 2.24) is 10.6 Å². The molecular formula is C15H30N3O2+. The van der Waals surface area contributed by atoms with Crippen molar-refractivity contribution in [1.29, 1.82) is 0 Å². The van der Waals surface area contributed by atoms with Crippen molar-refractivity contribution in [2.75, 3.05) is 13.1 Å². The SMILES string of the molecule is CC(C)CNC(=O)NC(=O)C[NH2+]C1CCCCCCC1. The van der Waals surface area contributed by atoms with E-state index >= 15 is 0 Å². The topological polar surface area (TPSA) is 74.8 Å².